The maximum Gasteiger partial charge on any atom is 0.335 e. The molecule has 1 aliphatic heterocycles. The van der Waals surface area contributed by atoms with Gasteiger partial charge in [0.1, 0.15) is 12.4 Å². The molecule has 3 rings (SSSR count). The Hall–Kier alpha value is -2.69. The lowest BCUT2D eigenvalue weighted by Crippen LogP contribution is -2.38. The van der Waals surface area contributed by atoms with Crippen LogP contribution in [0.1, 0.15) is 19.4 Å². The minimum Gasteiger partial charge on any atom is -0.492 e. The van der Waals surface area contributed by atoms with E-state index in [2.05, 4.69) is 15.0 Å². The van der Waals surface area contributed by atoms with Gasteiger partial charge in [-0.15, -0.1) is 0 Å². The molecule has 1 aromatic heterocycles. The van der Waals surface area contributed by atoms with E-state index in [1.54, 1.807) is 6.92 Å². The van der Waals surface area contributed by atoms with Gasteiger partial charge in [0, 0.05) is 33.2 Å². The van der Waals surface area contributed by atoms with Crippen molar-refractivity contribution in [3.05, 3.63) is 35.1 Å². The van der Waals surface area contributed by atoms with Crippen LogP contribution in [0.5, 0.6) is 5.75 Å². The average Bonchev–Trinajstić information content (AvgIpc) is 2.85. The number of morpholine rings is 1. The van der Waals surface area contributed by atoms with Gasteiger partial charge in [0.25, 0.3) is 0 Å². The number of rotatable bonds is 12. The Kier molecular flexibility index (Phi) is 10.1. The molecule has 0 bridgehead atoms. The molecular weight excluding hydrogens is 462 g/mol. The van der Waals surface area contributed by atoms with Crippen LogP contribution in [0.4, 0.5) is 11.9 Å². The highest BCUT2D eigenvalue weighted by molar-refractivity contribution is 6.28. The predicted molar refractivity (Wildman–Crippen MR) is 129 cm³/mol. The lowest BCUT2D eigenvalue weighted by Gasteiger charge is -2.27. The summed E-state index contributed by atoms with van der Waals surface area (Å²) in [6.45, 7) is 8.09. The normalized spacial score (nSPS) is 14.5. The number of benzene rings is 1. The van der Waals surface area contributed by atoms with Gasteiger partial charge in [0.05, 0.1) is 26.4 Å². The van der Waals surface area contributed by atoms with E-state index in [0.29, 0.717) is 71.0 Å². The van der Waals surface area contributed by atoms with E-state index in [4.69, 9.17) is 30.5 Å². The van der Waals surface area contributed by atoms with Crippen LogP contribution >= 0.6 is 11.6 Å². The maximum absolute atomic E-state index is 12.1. The van der Waals surface area contributed by atoms with Crippen molar-refractivity contribution in [2.24, 2.45) is 0 Å². The topological polar surface area (TPSA) is 99.1 Å². The Labute approximate surface area is 205 Å². The zero-order chi connectivity index (χ0) is 24.3. The van der Waals surface area contributed by atoms with Gasteiger partial charge in [0.2, 0.25) is 17.2 Å². The van der Waals surface area contributed by atoms with Crippen molar-refractivity contribution in [1.29, 1.82) is 0 Å². The van der Waals surface area contributed by atoms with Crippen molar-refractivity contribution in [2.75, 3.05) is 69.5 Å². The average molecular weight is 494 g/mol. The van der Waals surface area contributed by atoms with Gasteiger partial charge in [0.15, 0.2) is 6.10 Å². The van der Waals surface area contributed by atoms with Crippen molar-refractivity contribution in [2.45, 2.75) is 26.4 Å². The monoisotopic (exact) mass is 493 g/mol. The van der Waals surface area contributed by atoms with E-state index in [1.165, 1.54) is 0 Å². The van der Waals surface area contributed by atoms with Crippen molar-refractivity contribution in [3.63, 3.8) is 0 Å². The molecule has 34 heavy (non-hydrogen) atoms. The van der Waals surface area contributed by atoms with Gasteiger partial charge in [-0.2, -0.15) is 15.0 Å². The van der Waals surface area contributed by atoms with Crippen molar-refractivity contribution in [3.8, 4) is 5.75 Å². The molecule has 1 aliphatic rings. The molecule has 11 heteroatoms. The van der Waals surface area contributed by atoms with Crippen LogP contribution in [-0.2, 0) is 25.4 Å². The molecule has 2 heterocycles. The Morgan fingerprint density at radius 1 is 1.15 bits per heavy atom. The van der Waals surface area contributed by atoms with Crippen LogP contribution in [0.25, 0.3) is 0 Å². The first kappa shape index (κ1) is 25.9. The van der Waals surface area contributed by atoms with Gasteiger partial charge in [-0.1, -0.05) is 12.1 Å². The fourth-order valence-electron chi connectivity index (χ4n) is 3.39. The number of nitrogens with zero attached hydrogens (tertiary/aromatic N) is 5. The first-order chi connectivity index (χ1) is 16.5. The Morgan fingerprint density at radius 3 is 2.56 bits per heavy atom. The number of carbonyl (C=O) groups is 1. The molecule has 10 nitrogen and oxygen atoms in total. The molecule has 1 fully saturated rings. The lowest BCUT2D eigenvalue weighted by atomic mass is 10.1. The fraction of sp³-hybridized carbons (Fsp3) is 0.565. The molecule has 1 saturated heterocycles. The van der Waals surface area contributed by atoms with Crippen LogP contribution in [0.2, 0.25) is 5.28 Å². The molecule has 0 spiro atoms. The third-order valence-corrected chi connectivity index (χ3v) is 5.35. The number of anilines is 2. The van der Waals surface area contributed by atoms with Crippen molar-refractivity contribution in [1.82, 2.24) is 15.0 Å². The number of hydrogen-bond acceptors (Lipinski definition) is 10. The van der Waals surface area contributed by atoms with E-state index in [0.717, 1.165) is 11.3 Å². The molecule has 1 atom stereocenters. The molecular formula is C23H32ClN5O5. The smallest absolute Gasteiger partial charge is 0.335 e. The summed E-state index contributed by atoms with van der Waals surface area (Å²) in [4.78, 5) is 29.0. The number of hydrogen-bond donors (Lipinski definition) is 0. The van der Waals surface area contributed by atoms with E-state index < -0.39 is 6.10 Å². The Morgan fingerprint density at radius 2 is 1.88 bits per heavy atom. The number of halogens is 1. The summed E-state index contributed by atoms with van der Waals surface area (Å²) in [6, 6.07) is 7.59. The highest BCUT2D eigenvalue weighted by Crippen LogP contribution is 2.18. The second-order valence-corrected chi connectivity index (χ2v) is 7.96. The zero-order valence-electron chi connectivity index (χ0n) is 19.9. The molecule has 0 saturated carbocycles. The van der Waals surface area contributed by atoms with Crippen LogP contribution in [0, 0.1) is 0 Å². The summed E-state index contributed by atoms with van der Waals surface area (Å²) in [6.07, 6.45) is -0.165. The SMILES string of the molecule is CCOC(=O)C(Cc1ccc(OCCN(C)c2nc(Cl)nc(N3CCOCC3)n2)cc1)OCC. The highest BCUT2D eigenvalue weighted by atomic mass is 35.5. The minimum atomic E-state index is -0.611. The van der Waals surface area contributed by atoms with Gasteiger partial charge in [-0.05, 0) is 43.1 Å². The molecule has 0 aliphatic carbocycles. The van der Waals surface area contributed by atoms with Crippen LogP contribution in [0.15, 0.2) is 24.3 Å². The third kappa shape index (κ3) is 7.68. The minimum absolute atomic E-state index is 0.156. The van der Waals surface area contributed by atoms with E-state index in [9.17, 15) is 4.79 Å². The summed E-state index contributed by atoms with van der Waals surface area (Å²) >= 11 is 6.13. The summed E-state index contributed by atoms with van der Waals surface area (Å²) in [5.41, 5.74) is 0.964. The Balaban J connectivity index is 1.51. The molecule has 2 aromatic rings. The predicted octanol–water partition coefficient (Wildman–Crippen LogP) is 2.39. The van der Waals surface area contributed by atoms with Gasteiger partial charge >= 0.3 is 5.97 Å². The molecule has 0 amide bonds. The maximum atomic E-state index is 12.1. The molecule has 1 unspecified atom stereocenters. The third-order valence-electron chi connectivity index (χ3n) is 5.18. The number of ether oxygens (including phenoxy) is 4. The summed E-state index contributed by atoms with van der Waals surface area (Å²) in [5, 5.41) is 0.156. The van der Waals surface area contributed by atoms with Gasteiger partial charge in [-0.25, -0.2) is 4.79 Å². The van der Waals surface area contributed by atoms with E-state index in [1.807, 2.05) is 48.0 Å². The lowest BCUT2D eigenvalue weighted by molar-refractivity contribution is -0.156. The number of carbonyl (C=O) groups excluding carboxylic acids is 1. The van der Waals surface area contributed by atoms with Crippen molar-refractivity contribution < 1.29 is 23.7 Å². The molecule has 186 valence electrons. The first-order valence-electron chi connectivity index (χ1n) is 11.5. The standard InChI is InChI=1S/C23H32ClN5O5/c1-4-32-19(20(30)33-5-2)16-17-6-8-18(9-7-17)34-15-10-28(3)22-25-21(24)26-23(27-22)29-11-13-31-14-12-29/h6-9,19H,4-5,10-16H2,1-3H3. The first-order valence-corrected chi connectivity index (χ1v) is 11.8. The molecule has 0 radical (unpaired) electrons. The molecule has 1 aromatic carbocycles. The van der Waals surface area contributed by atoms with Crippen LogP contribution < -0.4 is 14.5 Å². The van der Waals surface area contributed by atoms with Crippen LogP contribution in [0.3, 0.4) is 0 Å². The summed E-state index contributed by atoms with van der Waals surface area (Å²) in [5.74, 6) is 1.42. The summed E-state index contributed by atoms with van der Waals surface area (Å²) in [7, 11) is 1.88. The van der Waals surface area contributed by atoms with Crippen molar-refractivity contribution >= 4 is 29.5 Å². The second kappa shape index (κ2) is 13.3. The quantitative estimate of drug-likeness (QED) is 0.410. The zero-order valence-corrected chi connectivity index (χ0v) is 20.7. The summed E-state index contributed by atoms with van der Waals surface area (Å²) < 4.78 is 21.9. The van der Waals surface area contributed by atoms with Gasteiger partial charge in [-0.3, -0.25) is 0 Å². The highest BCUT2D eigenvalue weighted by Gasteiger charge is 2.21. The van der Waals surface area contributed by atoms with Crippen LogP contribution in [-0.4, -0.2) is 86.7 Å². The largest absolute Gasteiger partial charge is 0.492 e. The number of likely N-dealkylation sites (N-methyl/N-ethyl adjacent to an activating group) is 1. The van der Waals surface area contributed by atoms with Gasteiger partial charge < -0.3 is 28.7 Å². The van der Waals surface area contributed by atoms with E-state index >= 15 is 0 Å². The second-order valence-electron chi connectivity index (χ2n) is 7.62. The van der Waals surface area contributed by atoms with E-state index in [-0.39, 0.29) is 11.3 Å². The number of esters is 1. The molecule has 0 N–H and O–H groups in total. The number of aromatic nitrogens is 3. The Bertz CT molecular complexity index is 911. The fourth-order valence-corrected chi connectivity index (χ4v) is 3.54.